The molecule has 0 aromatic rings. The molecule has 19 heavy (non-hydrogen) atoms. The number of carbonyl (C=O) groups excluding carboxylic acids is 1. The van der Waals surface area contributed by atoms with Gasteiger partial charge in [0.25, 0.3) is 0 Å². The van der Waals surface area contributed by atoms with Gasteiger partial charge in [0, 0.05) is 39.7 Å². The Kier molecular flexibility index (Phi) is 8.19. The number of nitrogens with zero attached hydrogens (tertiary/aromatic N) is 3. The van der Waals surface area contributed by atoms with Gasteiger partial charge in [-0.05, 0) is 12.8 Å². The van der Waals surface area contributed by atoms with Crippen LogP contribution < -0.4 is 0 Å². The summed E-state index contributed by atoms with van der Waals surface area (Å²) in [6.07, 6.45) is 5.14. The number of hydrogen-bond acceptors (Lipinski definition) is 4. The van der Waals surface area contributed by atoms with Crippen LogP contribution in [0.3, 0.4) is 0 Å². The van der Waals surface area contributed by atoms with Crippen molar-refractivity contribution >= 4 is 5.91 Å². The van der Waals surface area contributed by atoms with E-state index in [4.69, 9.17) is 10.00 Å². The lowest BCUT2D eigenvalue weighted by Crippen LogP contribution is -2.42. The number of nitriles is 1. The number of amides is 1. The van der Waals surface area contributed by atoms with Gasteiger partial charge in [0.2, 0.25) is 5.91 Å². The van der Waals surface area contributed by atoms with Gasteiger partial charge < -0.3 is 9.64 Å². The minimum absolute atomic E-state index is 0.191. The Labute approximate surface area is 116 Å². The van der Waals surface area contributed by atoms with Crippen molar-refractivity contribution in [2.45, 2.75) is 32.1 Å². The van der Waals surface area contributed by atoms with Crippen molar-refractivity contribution in [1.82, 2.24) is 9.80 Å². The predicted octanol–water partition coefficient (Wildman–Crippen LogP) is 1.25. The molecule has 0 N–H and O–H groups in total. The molecule has 0 unspecified atom stereocenters. The lowest BCUT2D eigenvalue weighted by atomic mass is 10.2. The molecule has 0 bridgehead atoms. The van der Waals surface area contributed by atoms with Crippen molar-refractivity contribution in [3.05, 3.63) is 0 Å². The first-order chi connectivity index (χ1) is 9.27. The topological polar surface area (TPSA) is 56.6 Å². The molecule has 1 aliphatic heterocycles. The maximum Gasteiger partial charge on any atom is 0.236 e. The van der Waals surface area contributed by atoms with E-state index in [9.17, 15) is 4.79 Å². The Morgan fingerprint density at radius 3 is 2.53 bits per heavy atom. The largest absolute Gasteiger partial charge is 0.383 e. The van der Waals surface area contributed by atoms with Gasteiger partial charge >= 0.3 is 0 Å². The third kappa shape index (κ3) is 6.55. The molecule has 0 radical (unpaired) electrons. The fourth-order valence-corrected chi connectivity index (χ4v) is 2.31. The number of likely N-dealkylation sites (tertiary alicyclic amines) is 1. The average Bonchev–Trinajstić information content (AvgIpc) is 2.70. The SMILES string of the molecule is COCCN(CCC#N)CC(=O)N1CCCCCC1. The average molecular weight is 267 g/mol. The maximum atomic E-state index is 12.2. The fourth-order valence-electron chi connectivity index (χ4n) is 2.31. The van der Waals surface area contributed by atoms with Crippen LogP contribution in [-0.2, 0) is 9.53 Å². The minimum atomic E-state index is 0.191. The van der Waals surface area contributed by atoms with Crippen LogP contribution in [0.2, 0.25) is 0 Å². The smallest absolute Gasteiger partial charge is 0.236 e. The molecule has 1 saturated heterocycles. The highest BCUT2D eigenvalue weighted by molar-refractivity contribution is 5.78. The summed E-state index contributed by atoms with van der Waals surface area (Å²) >= 11 is 0. The molecule has 1 amide bonds. The number of ether oxygens (including phenoxy) is 1. The normalized spacial score (nSPS) is 16.2. The number of rotatable bonds is 7. The lowest BCUT2D eigenvalue weighted by molar-refractivity contribution is -0.132. The number of hydrogen-bond donors (Lipinski definition) is 0. The van der Waals surface area contributed by atoms with Crippen LogP contribution in [0.25, 0.3) is 0 Å². The Balaban J connectivity index is 2.41. The van der Waals surface area contributed by atoms with Crippen LogP contribution in [0, 0.1) is 11.3 Å². The maximum absolute atomic E-state index is 12.2. The minimum Gasteiger partial charge on any atom is -0.383 e. The highest BCUT2D eigenvalue weighted by Crippen LogP contribution is 2.10. The van der Waals surface area contributed by atoms with E-state index in [1.807, 2.05) is 9.80 Å². The zero-order chi connectivity index (χ0) is 13.9. The first-order valence-electron chi connectivity index (χ1n) is 7.14. The molecule has 1 rings (SSSR count). The number of methoxy groups -OCH3 is 1. The second-order valence-electron chi connectivity index (χ2n) is 4.97. The molecule has 1 heterocycles. The molecule has 0 aliphatic carbocycles. The molecule has 0 saturated carbocycles. The monoisotopic (exact) mass is 267 g/mol. The molecule has 0 spiro atoms. The van der Waals surface area contributed by atoms with E-state index >= 15 is 0 Å². The number of carbonyl (C=O) groups is 1. The van der Waals surface area contributed by atoms with Gasteiger partial charge in [-0.1, -0.05) is 12.8 Å². The van der Waals surface area contributed by atoms with Gasteiger partial charge in [0.15, 0.2) is 0 Å². The van der Waals surface area contributed by atoms with Crippen molar-refractivity contribution in [2.75, 3.05) is 46.4 Å². The van der Waals surface area contributed by atoms with Gasteiger partial charge in [-0.15, -0.1) is 0 Å². The second kappa shape index (κ2) is 9.76. The highest BCUT2D eigenvalue weighted by Gasteiger charge is 2.18. The van der Waals surface area contributed by atoms with Gasteiger partial charge in [-0.3, -0.25) is 9.69 Å². The van der Waals surface area contributed by atoms with E-state index in [1.54, 1.807) is 7.11 Å². The van der Waals surface area contributed by atoms with Crippen molar-refractivity contribution < 1.29 is 9.53 Å². The fraction of sp³-hybridized carbons (Fsp3) is 0.857. The van der Waals surface area contributed by atoms with Crippen molar-refractivity contribution in [2.24, 2.45) is 0 Å². The summed E-state index contributed by atoms with van der Waals surface area (Å²) in [5, 5.41) is 8.66. The van der Waals surface area contributed by atoms with Crippen LogP contribution in [0.15, 0.2) is 0 Å². The third-order valence-corrected chi connectivity index (χ3v) is 3.47. The van der Waals surface area contributed by atoms with Crippen molar-refractivity contribution in [3.63, 3.8) is 0 Å². The van der Waals surface area contributed by atoms with E-state index in [1.165, 1.54) is 12.8 Å². The molecule has 108 valence electrons. The quantitative estimate of drug-likeness (QED) is 0.696. The third-order valence-electron chi connectivity index (χ3n) is 3.47. The highest BCUT2D eigenvalue weighted by atomic mass is 16.5. The van der Waals surface area contributed by atoms with E-state index in [0.29, 0.717) is 32.7 Å². The Morgan fingerprint density at radius 1 is 1.26 bits per heavy atom. The van der Waals surface area contributed by atoms with Crippen LogP contribution in [-0.4, -0.2) is 62.1 Å². The molecule has 0 aromatic carbocycles. The van der Waals surface area contributed by atoms with Gasteiger partial charge in [0.1, 0.15) is 0 Å². The summed E-state index contributed by atoms with van der Waals surface area (Å²) in [5.41, 5.74) is 0. The summed E-state index contributed by atoms with van der Waals surface area (Å²) in [6.45, 7) is 4.12. The van der Waals surface area contributed by atoms with Gasteiger partial charge in [-0.25, -0.2) is 0 Å². The van der Waals surface area contributed by atoms with Crippen molar-refractivity contribution in [3.8, 4) is 6.07 Å². The summed E-state index contributed by atoms with van der Waals surface area (Å²) in [4.78, 5) is 16.2. The van der Waals surface area contributed by atoms with Gasteiger partial charge in [0.05, 0.1) is 19.2 Å². The van der Waals surface area contributed by atoms with Crippen LogP contribution in [0.1, 0.15) is 32.1 Å². The van der Waals surface area contributed by atoms with E-state index in [0.717, 1.165) is 25.9 Å². The molecular weight excluding hydrogens is 242 g/mol. The molecule has 1 fully saturated rings. The first-order valence-corrected chi connectivity index (χ1v) is 7.14. The van der Waals surface area contributed by atoms with Gasteiger partial charge in [-0.2, -0.15) is 5.26 Å². The van der Waals surface area contributed by atoms with Crippen LogP contribution in [0.4, 0.5) is 0 Å². The zero-order valence-corrected chi connectivity index (χ0v) is 11.9. The molecule has 0 aromatic heterocycles. The lowest BCUT2D eigenvalue weighted by Gasteiger charge is -2.25. The van der Waals surface area contributed by atoms with E-state index < -0.39 is 0 Å². The Bertz CT molecular complexity index is 294. The molecule has 5 nitrogen and oxygen atoms in total. The first kappa shape index (κ1) is 15.9. The van der Waals surface area contributed by atoms with E-state index in [-0.39, 0.29) is 5.91 Å². The summed E-state index contributed by atoms with van der Waals surface area (Å²) in [5.74, 6) is 0.191. The summed E-state index contributed by atoms with van der Waals surface area (Å²) < 4.78 is 5.05. The molecule has 0 atom stereocenters. The van der Waals surface area contributed by atoms with Crippen LogP contribution >= 0.6 is 0 Å². The zero-order valence-electron chi connectivity index (χ0n) is 11.9. The summed E-state index contributed by atoms with van der Waals surface area (Å²) in [6, 6.07) is 2.13. The van der Waals surface area contributed by atoms with E-state index in [2.05, 4.69) is 6.07 Å². The van der Waals surface area contributed by atoms with Crippen LogP contribution in [0.5, 0.6) is 0 Å². The molecule has 5 heteroatoms. The Morgan fingerprint density at radius 2 is 1.95 bits per heavy atom. The van der Waals surface area contributed by atoms with Crippen molar-refractivity contribution in [1.29, 1.82) is 5.26 Å². The second-order valence-corrected chi connectivity index (χ2v) is 4.97. The standard InChI is InChI=1S/C14H25N3O2/c1-19-12-11-16(8-6-7-15)13-14(18)17-9-4-2-3-5-10-17/h2-6,8-13H2,1H3. The molecular formula is C14H25N3O2. The molecule has 1 aliphatic rings. The predicted molar refractivity (Wildman–Crippen MR) is 73.6 cm³/mol. The Hall–Kier alpha value is -1.12. The summed E-state index contributed by atoms with van der Waals surface area (Å²) in [7, 11) is 1.65.